The SMILES string of the molecule is O=C1C(=O)N(c2ccccc2)CCN1Cc1ccc(C(=O)N2CCCCC2)cc1. The molecule has 2 aliphatic heterocycles. The van der Waals surface area contributed by atoms with Crippen LogP contribution in [0.25, 0.3) is 0 Å². The van der Waals surface area contributed by atoms with Crippen LogP contribution in [0.2, 0.25) is 0 Å². The van der Waals surface area contributed by atoms with Gasteiger partial charge in [0.05, 0.1) is 0 Å². The standard InChI is InChI=1S/C23H25N3O3/c27-21(24-13-5-2-6-14-24)19-11-9-18(10-12-19)17-25-15-16-26(23(29)22(25)28)20-7-3-1-4-8-20/h1,3-4,7-12H,2,5-6,13-17H2. The van der Waals surface area contributed by atoms with Crippen molar-refractivity contribution in [1.82, 2.24) is 9.80 Å². The van der Waals surface area contributed by atoms with E-state index >= 15 is 0 Å². The van der Waals surface area contributed by atoms with Crippen LogP contribution in [-0.2, 0) is 16.1 Å². The Hall–Kier alpha value is -3.15. The summed E-state index contributed by atoms with van der Waals surface area (Å²) >= 11 is 0. The van der Waals surface area contributed by atoms with Gasteiger partial charge >= 0.3 is 11.8 Å². The lowest BCUT2D eigenvalue weighted by atomic mass is 10.1. The van der Waals surface area contributed by atoms with Crippen LogP contribution in [0.3, 0.4) is 0 Å². The number of para-hydroxylation sites is 1. The summed E-state index contributed by atoms with van der Waals surface area (Å²) in [4.78, 5) is 42.7. The third-order valence-corrected chi connectivity index (χ3v) is 5.59. The molecule has 6 nitrogen and oxygen atoms in total. The van der Waals surface area contributed by atoms with Gasteiger partial charge in [-0.2, -0.15) is 0 Å². The summed E-state index contributed by atoms with van der Waals surface area (Å²) in [6, 6.07) is 16.6. The van der Waals surface area contributed by atoms with E-state index in [0.29, 0.717) is 25.2 Å². The molecule has 0 radical (unpaired) electrons. The molecule has 29 heavy (non-hydrogen) atoms. The number of rotatable bonds is 4. The Morgan fingerprint density at radius 2 is 1.45 bits per heavy atom. The minimum atomic E-state index is -0.501. The molecule has 2 heterocycles. The minimum Gasteiger partial charge on any atom is -0.339 e. The molecule has 0 atom stereocenters. The van der Waals surface area contributed by atoms with Gasteiger partial charge in [-0.1, -0.05) is 30.3 Å². The van der Waals surface area contributed by atoms with Crippen molar-refractivity contribution in [2.75, 3.05) is 31.1 Å². The van der Waals surface area contributed by atoms with E-state index in [2.05, 4.69) is 0 Å². The van der Waals surface area contributed by atoms with Crippen LogP contribution in [0.15, 0.2) is 54.6 Å². The van der Waals surface area contributed by atoms with Crippen LogP contribution in [0.4, 0.5) is 5.69 Å². The molecule has 0 saturated carbocycles. The van der Waals surface area contributed by atoms with E-state index in [-0.39, 0.29) is 5.91 Å². The maximum atomic E-state index is 12.6. The first-order valence-corrected chi connectivity index (χ1v) is 10.2. The van der Waals surface area contributed by atoms with E-state index in [1.165, 1.54) is 11.3 Å². The summed E-state index contributed by atoms with van der Waals surface area (Å²) < 4.78 is 0. The summed E-state index contributed by atoms with van der Waals surface area (Å²) in [6.07, 6.45) is 3.32. The van der Waals surface area contributed by atoms with Gasteiger partial charge in [-0.05, 0) is 49.1 Å². The highest BCUT2D eigenvalue weighted by Crippen LogP contribution is 2.19. The number of hydrogen-bond donors (Lipinski definition) is 0. The maximum absolute atomic E-state index is 12.6. The highest BCUT2D eigenvalue weighted by Gasteiger charge is 2.33. The summed E-state index contributed by atoms with van der Waals surface area (Å²) in [6.45, 7) is 2.96. The number of nitrogens with zero attached hydrogens (tertiary/aromatic N) is 3. The van der Waals surface area contributed by atoms with Gasteiger partial charge in [0.1, 0.15) is 0 Å². The number of piperidine rings is 1. The van der Waals surface area contributed by atoms with E-state index in [0.717, 1.165) is 37.2 Å². The van der Waals surface area contributed by atoms with E-state index in [1.807, 2.05) is 59.5 Å². The second-order valence-electron chi connectivity index (χ2n) is 7.57. The topological polar surface area (TPSA) is 60.9 Å². The number of anilines is 1. The van der Waals surface area contributed by atoms with Gasteiger partial charge in [0.15, 0.2) is 0 Å². The zero-order valence-electron chi connectivity index (χ0n) is 16.4. The first-order chi connectivity index (χ1) is 14.1. The smallest absolute Gasteiger partial charge is 0.316 e. The van der Waals surface area contributed by atoms with Crippen LogP contribution in [-0.4, -0.2) is 53.7 Å². The van der Waals surface area contributed by atoms with E-state index in [9.17, 15) is 14.4 Å². The Bertz CT molecular complexity index is 889. The van der Waals surface area contributed by atoms with E-state index in [1.54, 1.807) is 4.90 Å². The monoisotopic (exact) mass is 391 g/mol. The summed E-state index contributed by atoms with van der Waals surface area (Å²) in [5.41, 5.74) is 2.33. The first kappa shape index (κ1) is 19.2. The van der Waals surface area contributed by atoms with Gasteiger partial charge in [-0.15, -0.1) is 0 Å². The van der Waals surface area contributed by atoms with Crippen molar-refractivity contribution in [2.45, 2.75) is 25.8 Å². The number of hydrogen-bond acceptors (Lipinski definition) is 3. The fraction of sp³-hybridized carbons (Fsp3) is 0.348. The molecule has 6 heteroatoms. The number of benzene rings is 2. The summed E-state index contributed by atoms with van der Waals surface area (Å²) in [5.74, 6) is -0.924. The van der Waals surface area contributed by atoms with Crippen molar-refractivity contribution in [2.24, 2.45) is 0 Å². The fourth-order valence-electron chi connectivity index (χ4n) is 3.93. The lowest BCUT2D eigenvalue weighted by Crippen LogP contribution is -2.54. The zero-order valence-corrected chi connectivity index (χ0v) is 16.4. The average molecular weight is 391 g/mol. The Morgan fingerprint density at radius 3 is 2.14 bits per heavy atom. The predicted molar refractivity (Wildman–Crippen MR) is 110 cm³/mol. The summed E-state index contributed by atoms with van der Waals surface area (Å²) in [7, 11) is 0. The van der Waals surface area contributed by atoms with Gasteiger partial charge in [0, 0.05) is 44.0 Å². The molecule has 0 aliphatic carbocycles. The molecule has 2 saturated heterocycles. The van der Waals surface area contributed by atoms with Crippen molar-refractivity contribution in [3.05, 3.63) is 65.7 Å². The Balaban J connectivity index is 1.39. The van der Waals surface area contributed by atoms with Crippen LogP contribution >= 0.6 is 0 Å². The maximum Gasteiger partial charge on any atom is 0.316 e. The number of carbonyl (C=O) groups excluding carboxylic acids is 3. The molecular weight excluding hydrogens is 366 g/mol. The Kier molecular flexibility index (Phi) is 5.60. The zero-order chi connectivity index (χ0) is 20.2. The van der Waals surface area contributed by atoms with Crippen LogP contribution < -0.4 is 4.90 Å². The largest absolute Gasteiger partial charge is 0.339 e. The van der Waals surface area contributed by atoms with Gasteiger partial charge in [-0.3, -0.25) is 14.4 Å². The van der Waals surface area contributed by atoms with Crippen molar-refractivity contribution in [3.8, 4) is 0 Å². The number of piperazine rings is 1. The second-order valence-corrected chi connectivity index (χ2v) is 7.57. The van der Waals surface area contributed by atoms with Crippen molar-refractivity contribution in [1.29, 1.82) is 0 Å². The normalized spacial score (nSPS) is 17.6. The van der Waals surface area contributed by atoms with Gasteiger partial charge in [0.25, 0.3) is 5.91 Å². The van der Waals surface area contributed by atoms with Crippen LogP contribution in [0.1, 0.15) is 35.2 Å². The first-order valence-electron chi connectivity index (χ1n) is 10.2. The van der Waals surface area contributed by atoms with E-state index < -0.39 is 11.8 Å². The molecule has 2 fully saturated rings. The molecule has 0 aromatic heterocycles. The molecule has 0 unspecified atom stereocenters. The molecular formula is C23H25N3O3. The lowest BCUT2D eigenvalue weighted by Gasteiger charge is -2.33. The summed E-state index contributed by atoms with van der Waals surface area (Å²) in [5, 5.41) is 0. The van der Waals surface area contributed by atoms with Crippen molar-refractivity contribution < 1.29 is 14.4 Å². The molecule has 0 N–H and O–H groups in total. The number of amides is 3. The van der Waals surface area contributed by atoms with Crippen LogP contribution in [0.5, 0.6) is 0 Å². The molecule has 2 aliphatic rings. The fourth-order valence-corrected chi connectivity index (χ4v) is 3.93. The molecule has 0 bridgehead atoms. The van der Waals surface area contributed by atoms with Gasteiger partial charge < -0.3 is 14.7 Å². The predicted octanol–water partition coefficient (Wildman–Crippen LogP) is 2.69. The number of likely N-dealkylation sites (tertiary alicyclic amines) is 1. The average Bonchev–Trinajstić information content (AvgIpc) is 2.78. The minimum absolute atomic E-state index is 0.0685. The second kappa shape index (κ2) is 8.47. The molecule has 150 valence electrons. The third-order valence-electron chi connectivity index (χ3n) is 5.59. The molecule has 3 amide bonds. The van der Waals surface area contributed by atoms with Gasteiger partial charge in [0.2, 0.25) is 0 Å². The highest BCUT2D eigenvalue weighted by atomic mass is 16.2. The van der Waals surface area contributed by atoms with Crippen molar-refractivity contribution in [3.63, 3.8) is 0 Å². The Morgan fingerprint density at radius 1 is 0.759 bits per heavy atom. The number of carbonyl (C=O) groups is 3. The highest BCUT2D eigenvalue weighted by molar-refractivity contribution is 6.40. The van der Waals surface area contributed by atoms with E-state index in [4.69, 9.17) is 0 Å². The van der Waals surface area contributed by atoms with Crippen molar-refractivity contribution >= 4 is 23.4 Å². The quantitative estimate of drug-likeness (QED) is 0.753. The molecule has 2 aromatic rings. The van der Waals surface area contributed by atoms with Gasteiger partial charge in [-0.25, -0.2) is 0 Å². The van der Waals surface area contributed by atoms with Crippen LogP contribution in [0, 0.1) is 0 Å². The Labute approximate surface area is 170 Å². The molecule has 0 spiro atoms. The molecule has 2 aromatic carbocycles. The third kappa shape index (κ3) is 4.16. The lowest BCUT2D eigenvalue weighted by molar-refractivity contribution is -0.146. The molecule has 4 rings (SSSR count).